The van der Waals surface area contributed by atoms with E-state index in [0.717, 1.165) is 111 Å². The Morgan fingerprint density at radius 1 is 0.785 bits per heavy atom. The molecule has 14 N–H and O–H groups in total. The Balaban J connectivity index is 0.838. The van der Waals surface area contributed by atoms with Gasteiger partial charge in [0, 0.05) is 105 Å². The number of rotatable bonds is 41. The number of halogens is 1. The van der Waals surface area contributed by atoms with Crippen LogP contribution in [0.1, 0.15) is 204 Å². The number of nitrogens with zero attached hydrogens (tertiary/aromatic N) is 2. The first kappa shape index (κ1) is 114. The second-order valence-electron chi connectivity index (χ2n) is 39.1. The van der Waals surface area contributed by atoms with Gasteiger partial charge in [0.25, 0.3) is 0 Å². The molecule has 782 valence electrons. The third-order valence-electron chi connectivity index (χ3n) is 27.9. The van der Waals surface area contributed by atoms with Crippen molar-refractivity contribution in [3.05, 3.63) is 190 Å². The number of unbranched alkanes of at least 4 members (excludes halogenated alkanes) is 8. The van der Waals surface area contributed by atoms with Crippen molar-refractivity contribution < 1.29 is 91.4 Å². The van der Waals surface area contributed by atoms with E-state index >= 15 is 28.8 Å². The van der Waals surface area contributed by atoms with Crippen molar-refractivity contribution in [3.63, 3.8) is 0 Å². The smallest absolute Gasteiger partial charge is 0.328 e. The number of phenolic OH excluding ortho intramolecular Hbond substituents is 1. The topological polar surface area (TPSA) is 453 Å². The molecule has 36 heteroatoms. The number of aromatic hydroxyl groups is 1. The molecule has 1 aromatic heterocycles. The lowest BCUT2D eigenvalue weighted by Crippen LogP contribution is -2.60. The molecule has 5 heterocycles. The number of phenols is 1. The van der Waals surface area contributed by atoms with Gasteiger partial charge in [-0.1, -0.05) is 249 Å². The van der Waals surface area contributed by atoms with Gasteiger partial charge in [-0.15, -0.1) is 0 Å². The van der Waals surface area contributed by atoms with Crippen LogP contribution in [0, 0.1) is 17.8 Å². The second kappa shape index (κ2) is 55.5. The van der Waals surface area contributed by atoms with Gasteiger partial charge in [-0.2, -0.15) is 0 Å². The van der Waals surface area contributed by atoms with Gasteiger partial charge in [0.05, 0.1) is 43.8 Å². The largest absolute Gasteiger partial charge is 0.508 e. The van der Waals surface area contributed by atoms with Crippen LogP contribution in [-0.2, 0) is 109 Å². The van der Waals surface area contributed by atoms with Crippen molar-refractivity contribution in [2.45, 2.75) is 292 Å². The van der Waals surface area contributed by atoms with Gasteiger partial charge < -0.3 is 97.4 Å². The Hall–Kier alpha value is -10.2. The van der Waals surface area contributed by atoms with E-state index in [4.69, 9.17) is 46.8 Å². The summed E-state index contributed by atoms with van der Waals surface area (Å²) in [6, 6.07) is 24.0. The normalized spacial score (nSPS) is 24.7. The molecule has 31 nitrogen and oxygen atoms in total. The van der Waals surface area contributed by atoms with Crippen LogP contribution < -0.4 is 58.3 Å². The molecule has 0 saturated carbocycles. The van der Waals surface area contributed by atoms with Gasteiger partial charge in [0.1, 0.15) is 82.3 Å². The van der Waals surface area contributed by atoms with Crippen molar-refractivity contribution in [3.8, 4) is 11.5 Å². The Morgan fingerprint density at radius 2 is 1.49 bits per heavy atom. The number of aromatic amines is 1. The fourth-order valence-electron chi connectivity index (χ4n) is 19.0. The number of nitrogens with two attached hydrogens (primary N) is 2. The summed E-state index contributed by atoms with van der Waals surface area (Å²) in [5.41, 5.74) is 16.5. The minimum atomic E-state index is -1.68. The highest BCUT2D eigenvalue weighted by atomic mass is 35.5. The van der Waals surface area contributed by atoms with Gasteiger partial charge in [-0.05, 0) is 167 Å². The van der Waals surface area contributed by atoms with E-state index in [-0.39, 0.29) is 91.3 Å². The number of likely N-dealkylation sites (N-methyl/N-ethyl adjacent to an activating group) is 1. The summed E-state index contributed by atoms with van der Waals surface area (Å²) in [5.74, 6) is -10.3. The van der Waals surface area contributed by atoms with Crippen LogP contribution in [0.2, 0.25) is 5.02 Å². The maximum absolute atomic E-state index is 15.9. The number of ether oxygens (including phenoxy) is 5. The zero-order chi connectivity index (χ0) is 104. The monoisotopic (exact) mass is 2080 g/mol. The van der Waals surface area contributed by atoms with Crippen molar-refractivity contribution in [1.29, 1.82) is 0 Å². The van der Waals surface area contributed by atoms with E-state index < -0.39 is 180 Å². The number of allylic oxidation sites excluding steroid dienone is 4. The summed E-state index contributed by atoms with van der Waals surface area (Å²) in [6.45, 7) is 13.2. The lowest BCUT2D eigenvalue weighted by Gasteiger charge is -2.41. The number of fused-ring (bicyclic) bond motifs is 7. The number of H-pyrrole nitrogens is 1. The average molecular weight is 2080 g/mol. The van der Waals surface area contributed by atoms with E-state index in [0.29, 0.717) is 67.0 Å². The highest BCUT2D eigenvalue weighted by Gasteiger charge is 2.65. The van der Waals surface area contributed by atoms with Gasteiger partial charge in [0.2, 0.25) is 53.2 Å². The summed E-state index contributed by atoms with van der Waals surface area (Å²) >= 11 is 6.99. The SMILES string of the molecule is CCCCCCCCCCC(CCN[C@H](Cc1ccccc1)C(=O)N[C@H]1CSSC[C@@H](C(=O)N[C@@H](Cc2c[nH]c3ccccc23)C(N)=O)NC(=O)[C@H](C(C)C)NC(=O)[C@H](CCCCN)NC(=O)[C@@H](CC2=CCc3ccccc32)NC(=O)[C@H](Cc2ccc(O)cc2)CC1=O)SSCCC(=O)N(C)[C@@H](C)C(=O)O[C@H]1CC(=O)N(C)c2cc(cc(OC)c2Cl)C/C(C)=C/C=C/[C@@H](OC)[C@]2(O)CC(=O)O[C@@H](C2)[C@@H](C)[C@@H]2O[C@@]12C. The zero-order valence-corrected chi connectivity index (χ0v) is 88.5. The minimum Gasteiger partial charge on any atom is -0.508 e. The molecule has 144 heavy (non-hydrogen) atoms. The van der Waals surface area contributed by atoms with Crippen LogP contribution in [0.25, 0.3) is 16.5 Å². The molecule has 0 spiro atoms. The third-order valence-corrected chi connectivity index (χ3v) is 33.7. The van der Waals surface area contributed by atoms with Crippen molar-refractivity contribution in [1.82, 2.24) is 47.1 Å². The first-order valence-electron chi connectivity index (χ1n) is 50.3. The lowest BCUT2D eigenvalue weighted by atomic mass is 9.78. The highest BCUT2D eigenvalue weighted by molar-refractivity contribution is 8.77. The van der Waals surface area contributed by atoms with Crippen LogP contribution in [0.5, 0.6) is 11.5 Å². The van der Waals surface area contributed by atoms with E-state index in [1.165, 1.54) is 66.8 Å². The van der Waals surface area contributed by atoms with Crippen molar-refractivity contribution in [2.24, 2.45) is 29.2 Å². The molecule has 3 fully saturated rings. The highest BCUT2D eigenvalue weighted by Crippen LogP contribution is 2.50. The number of carbonyl (C=O) groups is 12. The Labute approximate surface area is 866 Å². The number of hydrogen-bond acceptors (Lipinski definition) is 25. The molecule has 0 radical (unpaired) electrons. The number of aliphatic hydroxyl groups is 1. The Bertz CT molecular complexity index is 5500. The van der Waals surface area contributed by atoms with Gasteiger partial charge >= 0.3 is 11.9 Å². The van der Waals surface area contributed by atoms with Crippen LogP contribution in [-0.4, -0.2) is 239 Å². The van der Waals surface area contributed by atoms with Crippen LogP contribution >= 0.6 is 54.8 Å². The lowest BCUT2D eigenvalue weighted by molar-refractivity contribution is -0.187. The standard InChI is InChI=1S/C108H145ClN12O19S4/c1-12-13-14-15-16-17-18-22-34-77(144-141-50-47-93(124)120(8)68(6)106(134)139-92-59-94(125)121(9)87-54-71(55-89(136-10)96(87)109)51-66(4)30-29-39-91(137-11)108(135)60-90(138-95(126)61-108)67(5)98-107(92,7)140-98)46-49-112-83(53-69-31-20-19-21-32-69)102(130)117-85-63-142-143-64-86(104(132)115-82(99(111)127)57-75-62-113-80-37-26-25-36-79(75)80)118-105(133)97(65(2)3)119-101(129)81(38-27-28-48-110)114-103(131)84(56-73-43-42-72-33-23-24-35-78(72)73)116-100(128)74(58-88(85)123)52-70-40-44-76(122)45-41-70/h19-21,23-26,29-33,35-37,39-41,43-45,54-55,62,65,67-68,74,77,81-86,90-92,97-98,112-113,122,135H,12-18,22,27-28,34,38,42,46-53,56-61,63-64,110H2,1-11H3,(H2,111,127)(H,114,131)(H,115,132)(H,116,128)(H,117,130)(H,118,133)(H,119,129)/b39-29+,66-30+/t67-,68+,74-,77?,81+,82+,83-,84-,85+,86+,90+,91-,92+,97+,98+,107+,108-/m1/s1. The number of esters is 2. The van der Waals surface area contributed by atoms with E-state index in [1.54, 1.807) is 88.2 Å². The molecule has 4 aliphatic heterocycles. The molecule has 3 saturated heterocycles. The zero-order valence-electron chi connectivity index (χ0n) is 84.5. The maximum Gasteiger partial charge on any atom is 0.328 e. The molecule has 11 rings (SSSR count). The number of ketones is 1. The molecular formula is C108H145ClN12O19S4. The summed E-state index contributed by atoms with van der Waals surface area (Å²) in [6.07, 6.45) is 15.8. The maximum atomic E-state index is 15.9. The number of Topliss-reactive ketones (excluding diaryl/α,β-unsaturated/α-hetero) is 1. The Kier molecular flexibility index (Phi) is 44.0. The van der Waals surface area contributed by atoms with Gasteiger partial charge in [-0.25, -0.2) is 4.79 Å². The molecule has 1 aliphatic carbocycles. The number of anilines is 1. The first-order chi connectivity index (χ1) is 69.0. The molecule has 4 bridgehead atoms. The predicted molar refractivity (Wildman–Crippen MR) is 567 cm³/mol. The van der Waals surface area contributed by atoms with Gasteiger partial charge in [-0.3, -0.25) is 52.7 Å². The Morgan fingerprint density at radius 3 is 2.21 bits per heavy atom. The molecule has 5 aromatic carbocycles. The summed E-state index contributed by atoms with van der Waals surface area (Å²) in [5, 5.41) is 44.9. The van der Waals surface area contributed by atoms with Crippen LogP contribution in [0.3, 0.4) is 0 Å². The fraction of sp³-hybridized carbons (Fsp3) is 0.537. The first-order valence-corrected chi connectivity index (χ1v) is 55.6. The second-order valence-corrected chi connectivity index (χ2v) is 44.9. The minimum absolute atomic E-state index is 0.0104. The summed E-state index contributed by atoms with van der Waals surface area (Å²) in [7, 11) is 11.4. The van der Waals surface area contributed by atoms with Gasteiger partial charge in [0.15, 0.2) is 5.78 Å². The molecule has 1 unspecified atom stereocenters. The number of epoxide rings is 1. The molecular weight excluding hydrogens is 1930 g/mol. The fourth-order valence-corrected chi connectivity index (χ4v) is 24.4. The number of hydrogen-bond donors (Lipinski definition) is 12. The number of para-hydroxylation sites is 1. The van der Waals surface area contributed by atoms with Crippen LogP contribution in [0.15, 0.2) is 151 Å². The van der Waals surface area contributed by atoms with E-state index in [1.807, 2.05) is 105 Å². The molecule has 17 atom stereocenters. The van der Waals surface area contributed by atoms with E-state index in [9.17, 15) is 39.0 Å². The van der Waals surface area contributed by atoms with Crippen LogP contribution in [0.4, 0.5) is 5.69 Å². The quantitative estimate of drug-likeness (QED) is 0.00734. The molecule has 5 aliphatic rings. The molecule has 6 aromatic rings. The number of methoxy groups -OCH3 is 2. The number of amides is 9. The number of carbonyl (C=O) groups excluding carboxylic acids is 12. The number of aromatic nitrogens is 1. The number of nitrogens with one attached hydrogen (secondary N) is 8. The number of benzene rings is 5. The van der Waals surface area contributed by atoms with Crippen molar-refractivity contribution >= 4 is 148 Å². The average Bonchev–Trinajstić information content (AvgIpc) is 1.57. The summed E-state index contributed by atoms with van der Waals surface area (Å²) < 4.78 is 30.4. The summed E-state index contributed by atoms with van der Waals surface area (Å²) in [4.78, 5) is 185. The van der Waals surface area contributed by atoms with Crippen molar-refractivity contribution in [2.75, 3.05) is 63.6 Å². The molecule has 9 amide bonds. The predicted octanol–water partition coefficient (Wildman–Crippen LogP) is 12.9. The third kappa shape index (κ3) is 32.4. The van der Waals surface area contributed by atoms with E-state index in [2.05, 4.69) is 49.1 Å². The number of primary amides is 1.